The molecule has 1 aliphatic rings. The Morgan fingerprint density at radius 2 is 2.00 bits per heavy atom. The smallest absolute Gasteiger partial charge is 0.270 e. The summed E-state index contributed by atoms with van der Waals surface area (Å²) in [5, 5.41) is 6.70. The molecule has 10 nitrogen and oxygen atoms in total. The standard InChI is InChI=1S/C23H27N7O3/c1-2-11-29(22(32)18-7-5-6-17(15-18)20-26-16-33-28-20)14-10-24-21(31)19-8-9-25-23(27-19)30-12-3-4-13-30/h5-9,15-16H,2-4,10-14H2,1H3,(H,24,31). The number of hydrogen-bond acceptors (Lipinski definition) is 8. The van der Waals surface area contributed by atoms with Gasteiger partial charge in [0.05, 0.1) is 0 Å². The van der Waals surface area contributed by atoms with E-state index in [9.17, 15) is 9.59 Å². The lowest BCUT2D eigenvalue weighted by molar-refractivity contribution is 0.0748. The fourth-order valence-corrected chi connectivity index (χ4v) is 3.80. The molecule has 1 fully saturated rings. The molecule has 0 unspecified atom stereocenters. The van der Waals surface area contributed by atoms with Crippen LogP contribution < -0.4 is 10.2 Å². The molecule has 0 aliphatic carbocycles. The first-order valence-electron chi connectivity index (χ1n) is 11.2. The molecule has 1 saturated heterocycles. The highest BCUT2D eigenvalue weighted by molar-refractivity contribution is 5.95. The van der Waals surface area contributed by atoms with Crippen molar-refractivity contribution in [3.05, 3.63) is 54.2 Å². The predicted octanol–water partition coefficient (Wildman–Crippen LogP) is 2.41. The topological polar surface area (TPSA) is 117 Å². The van der Waals surface area contributed by atoms with Gasteiger partial charge in [-0.2, -0.15) is 4.98 Å². The number of anilines is 1. The van der Waals surface area contributed by atoms with E-state index in [4.69, 9.17) is 4.52 Å². The molecule has 2 aromatic heterocycles. The Bertz CT molecular complexity index is 1080. The van der Waals surface area contributed by atoms with Crippen LogP contribution in [-0.4, -0.2) is 69.5 Å². The lowest BCUT2D eigenvalue weighted by Gasteiger charge is -2.22. The predicted molar refractivity (Wildman–Crippen MR) is 122 cm³/mol. The first-order valence-corrected chi connectivity index (χ1v) is 11.2. The third kappa shape index (κ3) is 5.51. The van der Waals surface area contributed by atoms with Crippen molar-refractivity contribution in [2.75, 3.05) is 37.6 Å². The van der Waals surface area contributed by atoms with Gasteiger partial charge in [-0.15, -0.1) is 0 Å². The van der Waals surface area contributed by atoms with Gasteiger partial charge in [0.1, 0.15) is 5.69 Å². The van der Waals surface area contributed by atoms with Crippen LogP contribution in [0.5, 0.6) is 0 Å². The maximum absolute atomic E-state index is 13.1. The Kier molecular flexibility index (Phi) is 7.23. The Balaban J connectivity index is 1.37. The molecule has 3 aromatic rings. The Morgan fingerprint density at radius 3 is 2.76 bits per heavy atom. The highest BCUT2D eigenvalue weighted by atomic mass is 16.5. The van der Waals surface area contributed by atoms with Crippen molar-refractivity contribution in [2.24, 2.45) is 0 Å². The van der Waals surface area contributed by atoms with Crippen molar-refractivity contribution in [2.45, 2.75) is 26.2 Å². The van der Waals surface area contributed by atoms with Crippen molar-refractivity contribution >= 4 is 17.8 Å². The fraction of sp³-hybridized carbons (Fsp3) is 0.391. The van der Waals surface area contributed by atoms with Gasteiger partial charge in [-0.05, 0) is 37.5 Å². The van der Waals surface area contributed by atoms with Crippen LogP contribution in [0.15, 0.2) is 47.4 Å². The molecule has 10 heteroatoms. The van der Waals surface area contributed by atoms with Crippen molar-refractivity contribution in [3.63, 3.8) is 0 Å². The number of benzene rings is 1. The van der Waals surface area contributed by atoms with E-state index in [1.165, 1.54) is 6.39 Å². The quantitative estimate of drug-likeness (QED) is 0.529. The van der Waals surface area contributed by atoms with Gasteiger partial charge in [0.25, 0.3) is 11.8 Å². The summed E-state index contributed by atoms with van der Waals surface area (Å²) in [4.78, 5) is 42.3. The number of nitrogens with zero attached hydrogens (tertiary/aromatic N) is 6. The first-order chi connectivity index (χ1) is 16.2. The van der Waals surface area contributed by atoms with E-state index in [-0.39, 0.29) is 11.8 Å². The second-order valence-electron chi connectivity index (χ2n) is 7.82. The van der Waals surface area contributed by atoms with Crippen LogP contribution in [0.25, 0.3) is 11.4 Å². The van der Waals surface area contributed by atoms with Gasteiger partial charge in [-0.1, -0.05) is 24.2 Å². The zero-order valence-electron chi connectivity index (χ0n) is 18.6. The summed E-state index contributed by atoms with van der Waals surface area (Å²) >= 11 is 0. The number of nitrogens with one attached hydrogen (secondary N) is 1. The van der Waals surface area contributed by atoms with E-state index >= 15 is 0 Å². The minimum Gasteiger partial charge on any atom is -0.349 e. The average molecular weight is 450 g/mol. The van der Waals surface area contributed by atoms with Gasteiger partial charge < -0.3 is 19.6 Å². The van der Waals surface area contributed by atoms with Crippen LogP contribution in [0.2, 0.25) is 0 Å². The maximum atomic E-state index is 13.1. The van der Waals surface area contributed by atoms with Crippen LogP contribution in [0, 0.1) is 0 Å². The molecule has 1 N–H and O–H groups in total. The van der Waals surface area contributed by atoms with Crippen LogP contribution in [0.3, 0.4) is 0 Å². The van der Waals surface area contributed by atoms with Gasteiger partial charge in [0, 0.05) is 50.0 Å². The number of amides is 2. The van der Waals surface area contributed by atoms with E-state index in [0.29, 0.717) is 48.2 Å². The van der Waals surface area contributed by atoms with E-state index in [0.717, 1.165) is 32.4 Å². The molecule has 0 spiro atoms. The summed E-state index contributed by atoms with van der Waals surface area (Å²) in [6, 6.07) is 8.72. The Labute approximate surface area is 192 Å². The zero-order valence-corrected chi connectivity index (χ0v) is 18.6. The molecular formula is C23H27N7O3. The summed E-state index contributed by atoms with van der Waals surface area (Å²) < 4.78 is 4.80. The molecule has 33 heavy (non-hydrogen) atoms. The summed E-state index contributed by atoms with van der Waals surface area (Å²) in [5.41, 5.74) is 1.56. The fourth-order valence-electron chi connectivity index (χ4n) is 3.80. The number of carbonyl (C=O) groups excluding carboxylic acids is 2. The second kappa shape index (κ2) is 10.7. The number of carbonyl (C=O) groups is 2. The lowest BCUT2D eigenvalue weighted by atomic mass is 10.1. The Morgan fingerprint density at radius 1 is 1.15 bits per heavy atom. The molecule has 0 saturated carbocycles. The van der Waals surface area contributed by atoms with Crippen molar-refractivity contribution in [1.82, 2.24) is 30.3 Å². The number of rotatable bonds is 9. The van der Waals surface area contributed by atoms with Gasteiger partial charge >= 0.3 is 0 Å². The zero-order chi connectivity index (χ0) is 23.0. The first kappa shape index (κ1) is 22.4. The molecule has 3 heterocycles. The largest absolute Gasteiger partial charge is 0.349 e. The minimum absolute atomic E-state index is 0.116. The highest BCUT2D eigenvalue weighted by Crippen LogP contribution is 2.18. The van der Waals surface area contributed by atoms with E-state index in [1.54, 1.807) is 35.4 Å². The van der Waals surface area contributed by atoms with Crippen LogP contribution >= 0.6 is 0 Å². The van der Waals surface area contributed by atoms with Gasteiger partial charge in [-0.25, -0.2) is 9.97 Å². The number of aromatic nitrogens is 4. The molecule has 0 atom stereocenters. The highest BCUT2D eigenvalue weighted by Gasteiger charge is 2.19. The van der Waals surface area contributed by atoms with Crippen molar-refractivity contribution < 1.29 is 14.1 Å². The Hall–Kier alpha value is -3.82. The minimum atomic E-state index is -0.277. The van der Waals surface area contributed by atoms with Crippen molar-refractivity contribution in [3.8, 4) is 11.4 Å². The SMILES string of the molecule is CCCN(CCNC(=O)c1ccnc(N2CCCC2)n1)C(=O)c1cccc(-c2ncon2)c1. The molecule has 1 aliphatic heterocycles. The normalized spacial score (nSPS) is 13.2. The molecule has 4 rings (SSSR count). The van der Waals surface area contributed by atoms with Crippen LogP contribution in [0.4, 0.5) is 5.95 Å². The average Bonchev–Trinajstić information content (AvgIpc) is 3.58. The van der Waals surface area contributed by atoms with E-state index in [1.807, 2.05) is 13.0 Å². The number of hydrogen-bond donors (Lipinski definition) is 1. The summed E-state index contributed by atoms with van der Waals surface area (Å²) in [6.45, 7) is 5.11. The molecule has 2 amide bonds. The summed E-state index contributed by atoms with van der Waals surface area (Å²) in [6.07, 6.45) is 5.88. The van der Waals surface area contributed by atoms with Gasteiger partial charge in [0.2, 0.25) is 18.2 Å². The van der Waals surface area contributed by atoms with Crippen LogP contribution in [-0.2, 0) is 0 Å². The monoisotopic (exact) mass is 449 g/mol. The third-order valence-electron chi connectivity index (χ3n) is 5.44. The summed E-state index contributed by atoms with van der Waals surface area (Å²) in [5.74, 6) is 0.622. The second-order valence-corrected chi connectivity index (χ2v) is 7.82. The molecular weight excluding hydrogens is 422 g/mol. The molecule has 0 radical (unpaired) electrons. The molecule has 172 valence electrons. The summed E-state index contributed by atoms with van der Waals surface area (Å²) in [7, 11) is 0. The molecule has 0 bridgehead atoms. The van der Waals surface area contributed by atoms with E-state index < -0.39 is 0 Å². The molecule has 1 aromatic carbocycles. The van der Waals surface area contributed by atoms with Crippen LogP contribution in [0.1, 0.15) is 47.0 Å². The van der Waals surface area contributed by atoms with Gasteiger partial charge in [-0.3, -0.25) is 9.59 Å². The van der Waals surface area contributed by atoms with Gasteiger partial charge in [0.15, 0.2) is 0 Å². The van der Waals surface area contributed by atoms with E-state index in [2.05, 4.69) is 30.3 Å². The lowest BCUT2D eigenvalue weighted by Crippen LogP contribution is -2.39. The van der Waals surface area contributed by atoms with Crippen molar-refractivity contribution in [1.29, 1.82) is 0 Å². The maximum Gasteiger partial charge on any atom is 0.270 e. The third-order valence-corrected chi connectivity index (χ3v) is 5.44.